The fourth-order valence-electron chi connectivity index (χ4n) is 1.67. The standard InChI is InChI=1S/C9H7BrO3S/c10-8-6-4(2-1-3-5(6)11)7(14-8)9(12)13/h1-3H2,(H,12,13). The van der Waals surface area contributed by atoms with E-state index in [1.54, 1.807) is 0 Å². The van der Waals surface area contributed by atoms with Gasteiger partial charge in [0.2, 0.25) is 0 Å². The highest BCUT2D eigenvalue weighted by Crippen LogP contribution is 2.37. The number of carboxylic acid groups (broad SMARTS) is 1. The van der Waals surface area contributed by atoms with E-state index in [0.717, 1.165) is 17.8 Å². The Morgan fingerprint density at radius 3 is 2.79 bits per heavy atom. The van der Waals surface area contributed by atoms with Gasteiger partial charge in [-0.05, 0) is 34.3 Å². The van der Waals surface area contributed by atoms with Crippen molar-refractivity contribution >= 4 is 39.0 Å². The van der Waals surface area contributed by atoms with Gasteiger partial charge in [0, 0.05) is 12.0 Å². The van der Waals surface area contributed by atoms with Gasteiger partial charge in [0.25, 0.3) is 0 Å². The number of halogens is 1. The number of carbonyl (C=O) groups is 2. The van der Waals surface area contributed by atoms with Gasteiger partial charge in [0.05, 0.1) is 3.79 Å². The number of rotatable bonds is 1. The van der Waals surface area contributed by atoms with Gasteiger partial charge in [-0.25, -0.2) is 4.79 Å². The normalized spacial score (nSPS) is 15.4. The largest absolute Gasteiger partial charge is 0.477 e. The second kappa shape index (κ2) is 3.47. The van der Waals surface area contributed by atoms with E-state index >= 15 is 0 Å². The molecule has 1 aromatic heterocycles. The molecule has 74 valence electrons. The molecule has 1 N–H and O–H groups in total. The van der Waals surface area contributed by atoms with Crippen molar-refractivity contribution in [2.45, 2.75) is 19.3 Å². The summed E-state index contributed by atoms with van der Waals surface area (Å²) in [6.07, 6.45) is 1.99. The highest BCUT2D eigenvalue weighted by Gasteiger charge is 2.28. The average Bonchev–Trinajstić information content (AvgIpc) is 2.45. The Balaban J connectivity index is 2.63. The molecule has 0 saturated carbocycles. The lowest BCUT2D eigenvalue weighted by Crippen LogP contribution is -2.11. The molecular weight excluding hydrogens is 268 g/mol. The van der Waals surface area contributed by atoms with Crippen molar-refractivity contribution < 1.29 is 14.7 Å². The summed E-state index contributed by atoms with van der Waals surface area (Å²) >= 11 is 4.38. The van der Waals surface area contributed by atoms with Crippen LogP contribution >= 0.6 is 27.3 Å². The van der Waals surface area contributed by atoms with Crippen LogP contribution in [0.25, 0.3) is 0 Å². The van der Waals surface area contributed by atoms with E-state index in [2.05, 4.69) is 15.9 Å². The maximum absolute atomic E-state index is 11.5. The van der Waals surface area contributed by atoms with Crippen molar-refractivity contribution in [3.63, 3.8) is 0 Å². The molecule has 0 spiro atoms. The number of thiophene rings is 1. The first-order chi connectivity index (χ1) is 6.61. The summed E-state index contributed by atoms with van der Waals surface area (Å²) in [7, 11) is 0. The molecule has 2 rings (SSSR count). The third kappa shape index (κ3) is 1.40. The number of carbonyl (C=O) groups excluding carboxylic acids is 1. The van der Waals surface area contributed by atoms with Gasteiger partial charge in [-0.1, -0.05) is 0 Å². The molecule has 0 aliphatic heterocycles. The highest BCUT2D eigenvalue weighted by molar-refractivity contribution is 9.11. The van der Waals surface area contributed by atoms with E-state index in [1.165, 1.54) is 0 Å². The Labute approximate surface area is 92.9 Å². The second-order valence-electron chi connectivity index (χ2n) is 3.14. The van der Waals surface area contributed by atoms with Crippen molar-refractivity contribution in [1.82, 2.24) is 0 Å². The minimum absolute atomic E-state index is 0.0573. The monoisotopic (exact) mass is 274 g/mol. The number of carboxylic acids is 1. The van der Waals surface area contributed by atoms with Crippen LogP contribution in [0.1, 0.15) is 38.4 Å². The van der Waals surface area contributed by atoms with E-state index in [9.17, 15) is 9.59 Å². The molecule has 1 aliphatic carbocycles. The fourth-order valence-corrected chi connectivity index (χ4v) is 3.55. The Bertz CT molecular complexity index is 422. The third-order valence-corrected chi connectivity index (χ3v) is 4.16. The molecule has 0 fully saturated rings. The molecule has 0 bridgehead atoms. The Hall–Kier alpha value is -0.680. The van der Waals surface area contributed by atoms with Crippen LogP contribution in [0.3, 0.4) is 0 Å². The molecule has 0 atom stereocenters. The van der Waals surface area contributed by atoms with Gasteiger partial charge in [0.15, 0.2) is 5.78 Å². The van der Waals surface area contributed by atoms with Crippen molar-refractivity contribution in [3.8, 4) is 0 Å². The van der Waals surface area contributed by atoms with Gasteiger partial charge < -0.3 is 5.11 Å². The summed E-state index contributed by atoms with van der Waals surface area (Å²) in [5, 5.41) is 8.92. The molecule has 5 heteroatoms. The SMILES string of the molecule is O=C(O)c1sc(Br)c2c1CCCC2=O. The average molecular weight is 275 g/mol. The number of aromatic carboxylic acids is 1. The minimum atomic E-state index is -0.938. The Morgan fingerprint density at radius 2 is 2.14 bits per heavy atom. The van der Waals surface area contributed by atoms with Crippen LogP contribution in [0.5, 0.6) is 0 Å². The lowest BCUT2D eigenvalue weighted by Gasteiger charge is -2.10. The van der Waals surface area contributed by atoms with Crippen LogP contribution in [0.2, 0.25) is 0 Å². The van der Waals surface area contributed by atoms with Crippen LogP contribution in [0, 0.1) is 0 Å². The molecule has 14 heavy (non-hydrogen) atoms. The Kier molecular flexibility index (Phi) is 2.45. The molecule has 0 saturated heterocycles. The van der Waals surface area contributed by atoms with Crippen LogP contribution < -0.4 is 0 Å². The molecule has 1 aromatic rings. The van der Waals surface area contributed by atoms with Crippen LogP contribution in [-0.4, -0.2) is 16.9 Å². The molecule has 1 aliphatic rings. The summed E-state index contributed by atoms with van der Waals surface area (Å²) in [4.78, 5) is 22.7. The maximum Gasteiger partial charge on any atom is 0.346 e. The van der Waals surface area contributed by atoms with E-state index in [1.807, 2.05) is 0 Å². The van der Waals surface area contributed by atoms with E-state index in [-0.39, 0.29) is 5.78 Å². The van der Waals surface area contributed by atoms with Crippen LogP contribution in [0.4, 0.5) is 0 Å². The van der Waals surface area contributed by atoms with E-state index < -0.39 is 5.97 Å². The summed E-state index contributed by atoms with van der Waals surface area (Å²) in [6, 6.07) is 0. The van der Waals surface area contributed by atoms with Gasteiger partial charge in [-0.2, -0.15) is 0 Å². The van der Waals surface area contributed by atoms with Crippen LogP contribution in [0.15, 0.2) is 3.79 Å². The first-order valence-electron chi connectivity index (χ1n) is 4.19. The lowest BCUT2D eigenvalue weighted by molar-refractivity contribution is 0.0701. The molecule has 3 nitrogen and oxygen atoms in total. The predicted octanol–water partition coefficient (Wildman–Crippen LogP) is 2.73. The van der Waals surface area contributed by atoms with Crippen molar-refractivity contribution in [2.24, 2.45) is 0 Å². The molecule has 0 unspecified atom stereocenters. The maximum atomic E-state index is 11.5. The zero-order chi connectivity index (χ0) is 10.3. The number of ketones is 1. The number of hydrogen-bond donors (Lipinski definition) is 1. The highest BCUT2D eigenvalue weighted by atomic mass is 79.9. The summed E-state index contributed by atoms with van der Waals surface area (Å²) < 4.78 is 0.662. The predicted molar refractivity (Wildman–Crippen MR) is 56.2 cm³/mol. The number of fused-ring (bicyclic) bond motifs is 1. The van der Waals surface area contributed by atoms with Gasteiger partial charge in [-0.3, -0.25) is 4.79 Å². The van der Waals surface area contributed by atoms with E-state index in [0.29, 0.717) is 32.6 Å². The second-order valence-corrected chi connectivity index (χ2v) is 5.48. The smallest absolute Gasteiger partial charge is 0.346 e. The third-order valence-electron chi connectivity index (χ3n) is 2.27. The molecule has 0 amide bonds. The van der Waals surface area contributed by atoms with Gasteiger partial charge in [-0.15, -0.1) is 11.3 Å². The zero-order valence-electron chi connectivity index (χ0n) is 7.17. The van der Waals surface area contributed by atoms with Crippen LogP contribution in [-0.2, 0) is 6.42 Å². The Morgan fingerprint density at radius 1 is 1.43 bits per heavy atom. The quantitative estimate of drug-likeness (QED) is 0.857. The van der Waals surface area contributed by atoms with Crippen molar-refractivity contribution in [3.05, 3.63) is 19.8 Å². The summed E-state index contributed by atoms with van der Waals surface area (Å²) in [6.45, 7) is 0. The lowest BCUT2D eigenvalue weighted by atomic mass is 9.93. The topological polar surface area (TPSA) is 54.4 Å². The molecule has 1 heterocycles. The molecule has 0 radical (unpaired) electrons. The minimum Gasteiger partial charge on any atom is -0.477 e. The first kappa shape index (κ1) is 9.86. The number of hydrogen-bond acceptors (Lipinski definition) is 3. The van der Waals surface area contributed by atoms with Crippen molar-refractivity contribution in [1.29, 1.82) is 0 Å². The summed E-state index contributed by atoms with van der Waals surface area (Å²) in [5.74, 6) is -0.881. The first-order valence-corrected chi connectivity index (χ1v) is 5.80. The van der Waals surface area contributed by atoms with Gasteiger partial charge in [0.1, 0.15) is 4.88 Å². The fraction of sp³-hybridized carbons (Fsp3) is 0.333. The molecule has 0 aromatic carbocycles. The zero-order valence-corrected chi connectivity index (χ0v) is 9.57. The molecular formula is C9H7BrO3S. The van der Waals surface area contributed by atoms with Gasteiger partial charge >= 0.3 is 5.97 Å². The van der Waals surface area contributed by atoms with Crippen molar-refractivity contribution in [2.75, 3.05) is 0 Å². The van der Waals surface area contributed by atoms with E-state index in [4.69, 9.17) is 5.11 Å². The summed E-state index contributed by atoms with van der Waals surface area (Å²) in [5.41, 5.74) is 1.31. The number of Topliss-reactive ketones (excluding diaryl/α,β-unsaturated/α-hetero) is 1.